The van der Waals surface area contributed by atoms with Gasteiger partial charge in [-0.05, 0) is 0 Å². The van der Waals surface area contributed by atoms with Gasteiger partial charge in [0.1, 0.15) is 0 Å². The first-order chi connectivity index (χ1) is 6.12. The van der Waals surface area contributed by atoms with Gasteiger partial charge in [0.15, 0.2) is 0 Å². The van der Waals surface area contributed by atoms with E-state index in [1.807, 2.05) is 0 Å². The smallest absolute Gasteiger partial charge is 0.724 e. The molecule has 4 N–H and O–H groups in total. The van der Waals surface area contributed by atoms with Gasteiger partial charge in [0.2, 0.25) is 20.8 Å². The third kappa shape index (κ3) is 36.0. The molecule has 0 aromatic rings. The van der Waals surface area contributed by atoms with Gasteiger partial charge in [-0.1, -0.05) is 0 Å². The van der Waals surface area contributed by atoms with Crippen LogP contribution in [0.25, 0.3) is 0 Å². The van der Waals surface area contributed by atoms with Crippen molar-refractivity contribution in [1.29, 1.82) is 0 Å². The number of rotatable bonds is 4. The maximum Gasteiger partial charge on any atom is 1.00 e. The molecular weight excluding hydrogens is 322 g/mol. The molecule has 14 heteroatoms. The van der Waals surface area contributed by atoms with Crippen LogP contribution in [0.4, 0.5) is 0 Å². The molecule has 0 aliphatic heterocycles. The minimum absolute atomic E-state index is 0. The van der Waals surface area contributed by atoms with Crippen molar-refractivity contribution < 1.29 is 137 Å². The molecule has 0 spiro atoms. The Kier molecular flexibility index (Phi) is 24.5. The summed E-state index contributed by atoms with van der Waals surface area (Å²) >= 11 is 0. The summed E-state index contributed by atoms with van der Waals surface area (Å²) < 4.78 is 61.5. The third-order valence-electron chi connectivity index (χ3n) is 0.361. The van der Waals surface area contributed by atoms with Gasteiger partial charge in [0.25, 0.3) is 0 Å². The largest absolute Gasteiger partial charge is 1.00 e. The van der Waals surface area contributed by atoms with Crippen molar-refractivity contribution in [3.8, 4) is 0 Å². The second-order valence-corrected chi connectivity index (χ2v) is 3.44. The zero-order valence-electron chi connectivity index (χ0n) is 8.65. The van der Waals surface area contributed by atoms with E-state index in [1.54, 1.807) is 0 Å². The molecule has 16 heavy (non-hydrogen) atoms. The van der Waals surface area contributed by atoms with Crippen LogP contribution >= 0.6 is 0 Å². The zero-order chi connectivity index (χ0) is 11.8. The maximum atomic E-state index is 9.37. The summed E-state index contributed by atoms with van der Waals surface area (Å²) in [5.74, 6) is 0. The number of hydrogen-bond acceptors (Lipinski definition) is 10. The van der Waals surface area contributed by atoms with Crippen molar-refractivity contribution in [2.24, 2.45) is 11.5 Å². The van der Waals surface area contributed by atoms with Crippen LogP contribution in [0.15, 0.2) is 0 Å². The van der Waals surface area contributed by atoms with Gasteiger partial charge in [-0.25, -0.2) is 16.8 Å². The van der Waals surface area contributed by atoms with Crippen LogP contribution in [-0.2, 0) is 29.5 Å². The second-order valence-electron chi connectivity index (χ2n) is 1.53. The fraction of sp³-hybridized carbons (Fsp3) is 1.00. The Morgan fingerprint density at radius 1 is 0.812 bits per heavy atom. The van der Waals surface area contributed by atoms with Gasteiger partial charge < -0.3 is 20.6 Å². The molecule has 0 bridgehead atoms. The van der Waals surface area contributed by atoms with E-state index in [-0.39, 0.29) is 103 Å². The van der Waals surface area contributed by atoms with E-state index < -0.39 is 20.8 Å². The van der Waals surface area contributed by atoms with E-state index in [1.165, 1.54) is 0 Å². The first-order valence-electron chi connectivity index (χ1n) is 2.82. The molecule has 0 saturated carbocycles. The topological polar surface area (TPSA) is 185 Å². The molecule has 0 radical (unpaired) electrons. The SMILES string of the molecule is NCCN.O=S(=O)([O-])OOS(=O)(=O)[O-].[K+].[K+]. The molecular formula is C2H8K2N2O8S2. The molecule has 0 amide bonds. The summed E-state index contributed by atoms with van der Waals surface area (Å²) in [6.45, 7) is 1.19. The molecule has 0 aliphatic rings. The Bertz CT molecular complexity index is 292. The van der Waals surface area contributed by atoms with Crippen LogP contribution in [0.5, 0.6) is 0 Å². The normalized spacial score (nSPS) is 10.2. The zero-order valence-corrected chi connectivity index (χ0v) is 16.5. The fourth-order valence-electron chi connectivity index (χ4n) is 0.0680. The average Bonchev–Trinajstić information content (AvgIpc) is 1.99. The summed E-state index contributed by atoms with van der Waals surface area (Å²) in [6.07, 6.45) is 0. The molecule has 88 valence electrons. The van der Waals surface area contributed by atoms with Crippen LogP contribution in [0.3, 0.4) is 0 Å². The minimum atomic E-state index is -5.31. The van der Waals surface area contributed by atoms with E-state index in [9.17, 15) is 25.9 Å². The van der Waals surface area contributed by atoms with Crippen LogP contribution in [0.1, 0.15) is 0 Å². The Balaban J connectivity index is -0.000000105. The van der Waals surface area contributed by atoms with Crippen molar-refractivity contribution in [2.75, 3.05) is 13.1 Å². The van der Waals surface area contributed by atoms with E-state index >= 15 is 0 Å². The van der Waals surface area contributed by atoms with Gasteiger partial charge >= 0.3 is 103 Å². The Morgan fingerprint density at radius 3 is 1.06 bits per heavy atom. The molecule has 0 aromatic heterocycles. The van der Waals surface area contributed by atoms with E-state index in [0.29, 0.717) is 13.1 Å². The predicted molar refractivity (Wildman–Crippen MR) is 39.7 cm³/mol. The van der Waals surface area contributed by atoms with Crippen LogP contribution in [0, 0.1) is 0 Å². The van der Waals surface area contributed by atoms with Gasteiger partial charge in [0, 0.05) is 13.1 Å². The first-order valence-corrected chi connectivity index (χ1v) is 5.48. The number of hydrogen-bond donors (Lipinski definition) is 2. The van der Waals surface area contributed by atoms with Crippen molar-refractivity contribution in [2.45, 2.75) is 0 Å². The Labute approximate surface area is 178 Å². The monoisotopic (exact) mass is 330 g/mol. The Morgan fingerprint density at radius 2 is 1.00 bits per heavy atom. The van der Waals surface area contributed by atoms with E-state index in [2.05, 4.69) is 8.67 Å². The molecule has 0 unspecified atom stereocenters. The molecule has 0 rings (SSSR count). The summed E-state index contributed by atoms with van der Waals surface area (Å²) in [7, 11) is -10.6. The molecule has 0 heterocycles. The van der Waals surface area contributed by atoms with Crippen molar-refractivity contribution in [3.63, 3.8) is 0 Å². The Hall–Kier alpha value is 2.93. The summed E-state index contributed by atoms with van der Waals surface area (Å²) in [5, 5.41) is 0. The van der Waals surface area contributed by atoms with Crippen LogP contribution < -0.4 is 114 Å². The number of nitrogens with two attached hydrogens (primary N) is 2. The molecule has 0 saturated heterocycles. The van der Waals surface area contributed by atoms with E-state index in [4.69, 9.17) is 11.5 Å². The van der Waals surface area contributed by atoms with E-state index in [0.717, 1.165) is 0 Å². The summed E-state index contributed by atoms with van der Waals surface area (Å²) in [4.78, 5) is 0. The summed E-state index contributed by atoms with van der Waals surface area (Å²) in [6, 6.07) is 0. The van der Waals surface area contributed by atoms with Gasteiger partial charge in [-0.15, -0.1) is 8.67 Å². The van der Waals surface area contributed by atoms with Crippen LogP contribution in [0.2, 0.25) is 0 Å². The van der Waals surface area contributed by atoms with Gasteiger partial charge in [0.05, 0.1) is 0 Å². The third-order valence-corrected chi connectivity index (χ3v) is 0.917. The molecule has 10 nitrogen and oxygen atoms in total. The molecule has 0 aliphatic carbocycles. The maximum absolute atomic E-state index is 9.37. The molecule has 0 fully saturated rings. The van der Waals surface area contributed by atoms with Crippen molar-refractivity contribution in [1.82, 2.24) is 0 Å². The molecule has 0 aromatic carbocycles. The van der Waals surface area contributed by atoms with Crippen molar-refractivity contribution in [3.05, 3.63) is 0 Å². The standard InChI is InChI=1S/C2H8N2.2K.H2O8S2/c3-1-2-4;;;1-9(2,3)7-8-10(4,5)6/h1-4H2;;;(H,1,2,3)(H,4,5,6)/q;2*+1;/p-2. The van der Waals surface area contributed by atoms with Crippen molar-refractivity contribution >= 4 is 20.8 Å². The van der Waals surface area contributed by atoms with Gasteiger partial charge in [-0.2, -0.15) is 0 Å². The van der Waals surface area contributed by atoms with Crippen LogP contribution in [-0.4, -0.2) is 39.0 Å². The minimum Gasteiger partial charge on any atom is -0.724 e. The fourth-order valence-corrected chi connectivity index (χ4v) is 0.612. The average molecular weight is 330 g/mol. The quantitative estimate of drug-likeness (QED) is 0.165. The van der Waals surface area contributed by atoms with Gasteiger partial charge in [-0.3, -0.25) is 0 Å². The predicted octanol–water partition coefficient (Wildman–Crippen LogP) is -9.23. The first kappa shape index (κ1) is 27.3. The summed E-state index contributed by atoms with van der Waals surface area (Å²) in [5.41, 5.74) is 9.81. The molecule has 0 atom stereocenters. The second kappa shape index (κ2) is 14.3.